The topological polar surface area (TPSA) is 82.1 Å². The van der Waals surface area contributed by atoms with E-state index in [1.165, 1.54) is 12.0 Å². The summed E-state index contributed by atoms with van der Waals surface area (Å²) in [6.07, 6.45) is 0.0142. The average molecular weight is 241 g/mol. The first-order chi connectivity index (χ1) is 8.17. The highest BCUT2D eigenvalue weighted by Gasteiger charge is 2.45. The second-order valence-electron chi connectivity index (χ2n) is 3.60. The van der Waals surface area contributed by atoms with Gasteiger partial charge in [-0.3, -0.25) is 14.5 Å². The molecule has 7 nitrogen and oxygen atoms in total. The lowest BCUT2D eigenvalue weighted by Crippen LogP contribution is -2.48. The van der Waals surface area contributed by atoms with E-state index in [1.54, 1.807) is 0 Å². The average Bonchev–Trinajstić information content (AvgIpc) is 2.67. The molecule has 1 amide bonds. The Morgan fingerprint density at radius 2 is 2.41 bits per heavy atom. The number of carbonyl (C=O) groups is 3. The summed E-state index contributed by atoms with van der Waals surface area (Å²) in [5.74, 6) is -0.322. The summed E-state index contributed by atoms with van der Waals surface area (Å²) in [6.45, 7) is 0.231. The van der Waals surface area contributed by atoms with Crippen molar-refractivity contribution < 1.29 is 28.6 Å². The van der Waals surface area contributed by atoms with Crippen molar-refractivity contribution in [3.05, 3.63) is 11.3 Å². The molecule has 1 unspecified atom stereocenters. The van der Waals surface area contributed by atoms with Crippen molar-refractivity contribution in [2.45, 2.75) is 12.6 Å². The van der Waals surface area contributed by atoms with Crippen molar-refractivity contribution in [2.24, 2.45) is 0 Å². The zero-order chi connectivity index (χ0) is 12.4. The van der Waals surface area contributed by atoms with Gasteiger partial charge in [-0.1, -0.05) is 0 Å². The van der Waals surface area contributed by atoms with Crippen LogP contribution in [0.5, 0.6) is 0 Å². The number of β-lactam (4-membered cyclic amide) rings is 1. The Morgan fingerprint density at radius 1 is 1.65 bits per heavy atom. The van der Waals surface area contributed by atoms with Crippen molar-refractivity contribution in [3.8, 4) is 0 Å². The number of methoxy groups -OCH3 is 1. The molecule has 2 saturated heterocycles. The van der Waals surface area contributed by atoms with Gasteiger partial charge in [0.2, 0.25) is 5.91 Å². The highest BCUT2D eigenvalue weighted by molar-refractivity contribution is 5.90. The van der Waals surface area contributed by atoms with E-state index in [9.17, 15) is 14.4 Å². The van der Waals surface area contributed by atoms with Gasteiger partial charge in [-0.15, -0.1) is 0 Å². The zero-order valence-electron chi connectivity index (χ0n) is 9.17. The molecule has 0 aromatic carbocycles. The summed E-state index contributed by atoms with van der Waals surface area (Å²) in [4.78, 5) is 34.2. The summed E-state index contributed by atoms with van der Waals surface area (Å²) < 4.78 is 14.5. The van der Waals surface area contributed by atoms with Gasteiger partial charge >= 0.3 is 5.97 Å². The minimum Gasteiger partial charge on any atom is -0.472 e. The molecule has 7 heteroatoms. The van der Waals surface area contributed by atoms with Crippen LogP contribution in [-0.2, 0) is 28.6 Å². The predicted molar refractivity (Wildman–Crippen MR) is 52.3 cm³/mol. The van der Waals surface area contributed by atoms with Gasteiger partial charge in [-0.2, -0.15) is 0 Å². The molecule has 2 fully saturated rings. The molecule has 2 rings (SSSR count). The van der Waals surface area contributed by atoms with Crippen LogP contribution in [0.3, 0.4) is 0 Å². The minimum absolute atomic E-state index is 0.0227. The van der Waals surface area contributed by atoms with Crippen LogP contribution < -0.4 is 0 Å². The fourth-order valence-electron chi connectivity index (χ4n) is 1.74. The monoisotopic (exact) mass is 241 g/mol. The van der Waals surface area contributed by atoms with E-state index in [0.29, 0.717) is 12.2 Å². The third kappa shape index (κ3) is 1.95. The molecule has 2 heterocycles. The van der Waals surface area contributed by atoms with E-state index in [4.69, 9.17) is 4.74 Å². The van der Waals surface area contributed by atoms with E-state index < -0.39 is 5.97 Å². The second kappa shape index (κ2) is 4.44. The molecule has 17 heavy (non-hydrogen) atoms. The summed E-state index contributed by atoms with van der Waals surface area (Å²) >= 11 is 0. The molecule has 0 aromatic rings. The SMILES string of the molecule is COC(=O)C(COC=O)=C1CN2C(=O)CC2O1. The summed E-state index contributed by atoms with van der Waals surface area (Å²) in [6, 6.07) is 0. The molecule has 0 aromatic heterocycles. The first kappa shape index (κ1) is 11.4. The van der Waals surface area contributed by atoms with Crippen molar-refractivity contribution >= 4 is 18.3 Å². The number of nitrogens with zero attached hydrogens (tertiary/aromatic N) is 1. The smallest absolute Gasteiger partial charge is 0.340 e. The maximum Gasteiger partial charge on any atom is 0.340 e. The number of fused-ring (bicyclic) bond motifs is 1. The van der Waals surface area contributed by atoms with Crippen LogP contribution in [0.15, 0.2) is 11.3 Å². The number of ether oxygens (including phenoxy) is 3. The van der Waals surface area contributed by atoms with Crippen LogP contribution in [-0.4, -0.2) is 49.7 Å². The number of carbonyl (C=O) groups excluding carboxylic acids is 3. The van der Waals surface area contributed by atoms with E-state index in [1.807, 2.05) is 0 Å². The Kier molecular flexibility index (Phi) is 2.99. The van der Waals surface area contributed by atoms with Crippen molar-refractivity contribution in [1.82, 2.24) is 4.90 Å². The van der Waals surface area contributed by atoms with Gasteiger partial charge in [-0.25, -0.2) is 4.79 Å². The van der Waals surface area contributed by atoms with Crippen LogP contribution in [0.25, 0.3) is 0 Å². The number of amides is 1. The first-order valence-electron chi connectivity index (χ1n) is 4.99. The standard InChI is InChI=1S/C10H11NO6/c1-15-10(14)6(4-16-5-12)7-3-11-8(13)2-9(11)17-7/h5,9H,2-4H2,1H3. The largest absolute Gasteiger partial charge is 0.472 e. The lowest BCUT2D eigenvalue weighted by molar-refractivity contribution is -0.154. The molecule has 2 aliphatic heterocycles. The molecule has 92 valence electrons. The Hall–Kier alpha value is -2.05. The molecule has 0 N–H and O–H groups in total. The molecule has 0 radical (unpaired) electrons. The number of hydrogen-bond donors (Lipinski definition) is 0. The normalized spacial score (nSPS) is 24.4. The third-order valence-electron chi connectivity index (χ3n) is 2.67. The van der Waals surface area contributed by atoms with Crippen molar-refractivity contribution in [1.29, 1.82) is 0 Å². The molecular weight excluding hydrogens is 230 g/mol. The maximum absolute atomic E-state index is 11.5. The Balaban J connectivity index is 2.16. The molecular formula is C10H11NO6. The number of esters is 1. The molecule has 1 atom stereocenters. The van der Waals surface area contributed by atoms with Gasteiger partial charge in [-0.05, 0) is 0 Å². The van der Waals surface area contributed by atoms with Gasteiger partial charge in [0.05, 0.1) is 20.1 Å². The Morgan fingerprint density at radius 3 is 2.94 bits per heavy atom. The second-order valence-corrected chi connectivity index (χ2v) is 3.60. The van der Waals surface area contributed by atoms with E-state index in [0.717, 1.165) is 0 Å². The molecule has 0 aliphatic carbocycles. The molecule has 0 bridgehead atoms. The van der Waals surface area contributed by atoms with Crippen LogP contribution in [0.2, 0.25) is 0 Å². The first-order valence-corrected chi connectivity index (χ1v) is 4.99. The highest BCUT2D eigenvalue weighted by Crippen LogP contribution is 2.32. The quantitative estimate of drug-likeness (QED) is 0.277. The van der Waals surface area contributed by atoms with E-state index in [2.05, 4.69) is 9.47 Å². The summed E-state index contributed by atoms with van der Waals surface area (Å²) in [5.41, 5.74) is 0.127. The predicted octanol–water partition coefficient (Wildman–Crippen LogP) is -0.825. The highest BCUT2D eigenvalue weighted by atomic mass is 16.5. The lowest BCUT2D eigenvalue weighted by atomic mass is 10.2. The summed E-state index contributed by atoms with van der Waals surface area (Å²) in [5, 5.41) is 0. The van der Waals surface area contributed by atoms with Gasteiger partial charge in [0.15, 0.2) is 6.23 Å². The third-order valence-corrected chi connectivity index (χ3v) is 2.67. The van der Waals surface area contributed by atoms with E-state index >= 15 is 0 Å². The van der Waals surface area contributed by atoms with Gasteiger partial charge < -0.3 is 14.2 Å². The van der Waals surface area contributed by atoms with Gasteiger partial charge in [0.1, 0.15) is 17.9 Å². The minimum atomic E-state index is -0.628. The van der Waals surface area contributed by atoms with Crippen LogP contribution in [0.1, 0.15) is 6.42 Å². The number of hydrogen-bond acceptors (Lipinski definition) is 6. The van der Waals surface area contributed by atoms with Crippen LogP contribution in [0, 0.1) is 0 Å². The summed E-state index contributed by atoms with van der Waals surface area (Å²) in [7, 11) is 1.22. The molecule has 0 saturated carbocycles. The zero-order valence-corrected chi connectivity index (χ0v) is 9.17. The van der Waals surface area contributed by atoms with Gasteiger partial charge in [0, 0.05) is 0 Å². The van der Waals surface area contributed by atoms with Crippen LogP contribution >= 0.6 is 0 Å². The van der Waals surface area contributed by atoms with Gasteiger partial charge in [0.25, 0.3) is 6.47 Å². The Labute approximate surface area is 96.9 Å². The van der Waals surface area contributed by atoms with Crippen LogP contribution in [0.4, 0.5) is 0 Å². The number of rotatable bonds is 4. The van der Waals surface area contributed by atoms with Crippen molar-refractivity contribution in [2.75, 3.05) is 20.3 Å². The Bertz CT molecular complexity index is 402. The van der Waals surface area contributed by atoms with Crippen molar-refractivity contribution in [3.63, 3.8) is 0 Å². The molecule has 0 spiro atoms. The molecule has 2 aliphatic rings. The van der Waals surface area contributed by atoms with E-state index in [-0.39, 0.29) is 37.3 Å². The fraction of sp³-hybridized carbons (Fsp3) is 0.500. The fourth-order valence-corrected chi connectivity index (χ4v) is 1.74. The maximum atomic E-state index is 11.5. The lowest BCUT2D eigenvalue weighted by Gasteiger charge is -2.30.